The third kappa shape index (κ3) is 8.92. The lowest BCUT2D eigenvalue weighted by Crippen LogP contribution is -2.60. The number of carbonyl (C=O) groups is 2. The van der Waals surface area contributed by atoms with Crippen molar-refractivity contribution in [3.8, 4) is 23.0 Å². The van der Waals surface area contributed by atoms with Crippen LogP contribution >= 0.6 is 0 Å². The molecule has 2 aromatic carbocycles. The number of esters is 1. The number of aliphatic hydroxyl groups is 4. The number of phenolic OH excluding ortho intramolecular Hbond substituents is 3. The molecule has 1 heterocycles. The van der Waals surface area contributed by atoms with E-state index in [1.807, 2.05) is 0 Å². The Morgan fingerprint density at radius 3 is 2.39 bits per heavy atom. The van der Waals surface area contributed by atoms with E-state index in [-0.39, 0.29) is 24.3 Å². The van der Waals surface area contributed by atoms with Crippen LogP contribution in [0.2, 0.25) is 0 Å². The molecule has 1 fully saturated rings. The van der Waals surface area contributed by atoms with E-state index in [4.69, 9.17) is 19.3 Å². The summed E-state index contributed by atoms with van der Waals surface area (Å²) in [5, 5.41) is 69.6. The van der Waals surface area contributed by atoms with Crippen molar-refractivity contribution in [3.05, 3.63) is 71.5 Å². The molecule has 3 rings (SSSR count). The monoisotopic (exact) mass is 572 g/mol. The first-order valence-corrected chi connectivity index (χ1v) is 12.7. The molecular weight excluding hydrogens is 540 g/mol. The number of ether oxygens (including phenoxy) is 3. The van der Waals surface area contributed by atoms with Crippen LogP contribution in [0.25, 0.3) is 6.08 Å². The first-order valence-electron chi connectivity index (χ1n) is 12.7. The number of aliphatic hydroxyl groups excluding tert-OH is 4. The maximum atomic E-state index is 13.0. The Morgan fingerprint density at radius 1 is 0.951 bits per heavy atom. The Labute approximate surface area is 235 Å². The van der Waals surface area contributed by atoms with E-state index >= 15 is 0 Å². The van der Waals surface area contributed by atoms with Crippen molar-refractivity contribution in [2.75, 3.05) is 13.2 Å². The fourth-order valence-corrected chi connectivity index (χ4v) is 3.86. The molecular formula is C29H32O12. The smallest absolute Gasteiger partial charge is 0.305 e. The second-order valence-corrected chi connectivity index (χ2v) is 9.09. The van der Waals surface area contributed by atoms with Crippen LogP contribution in [-0.2, 0) is 14.3 Å². The molecule has 0 bridgehead atoms. The van der Waals surface area contributed by atoms with Crippen molar-refractivity contribution in [3.63, 3.8) is 0 Å². The van der Waals surface area contributed by atoms with Crippen LogP contribution in [0.1, 0.15) is 35.2 Å². The average molecular weight is 573 g/mol. The summed E-state index contributed by atoms with van der Waals surface area (Å²) in [7, 11) is 0. The van der Waals surface area contributed by atoms with Gasteiger partial charge in [-0.3, -0.25) is 9.59 Å². The number of ketones is 1. The van der Waals surface area contributed by atoms with Crippen LogP contribution in [-0.4, -0.2) is 91.4 Å². The van der Waals surface area contributed by atoms with Crippen molar-refractivity contribution < 1.29 is 59.5 Å². The minimum Gasteiger partial charge on any atom is -0.508 e. The molecule has 0 saturated carbocycles. The van der Waals surface area contributed by atoms with Crippen molar-refractivity contribution in [1.29, 1.82) is 0 Å². The summed E-state index contributed by atoms with van der Waals surface area (Å²) in [4.78, 5) is 25.0. The molecule has 220 valence electrons. The van der Waals surface area contributed by atoms with E-state index in [0.29, 0.717) is 18.4 Å². The highest BCUT2D eigenvalue weighted by atomic mass is 16.7. The summed E-state index contributed by atoms with van der Waals surface area (Å²) in [6, 6.07) is 7.84. The van der Waals surface area contributed by atoms with Gasteiger partial charge >= 0.3 is 5.97 Å². The first-order chi connectivity index (χ1) is 19.6. The summed E-state index contributed by atoms with van der Waals surface area (Å²) < 4.78 is 16.3. The van der Waals surface area contributed by atoms with Gasteiger partial charge in [-0.1, -0.05) is 18.2 Å². The number of unbranched alkanes of at least 4 members (excludes halogenated alkanes) is 1. The minimum atomic E-state index is -1.82. The lowest BCUT2D eigenvalue weighted by molar-refractivity contribution is -0.278. The normalized spacial score (nSPS) is 22.1. The van der Waals surface area contributed by atoms with Gasteiger partial charge in [0, 0.05) is 18.6 Å². The zero-order valence-corrected chi connectivity index (χ0v) is 21.9. The largest absolute Gasteiger partial charge is 0.508 e. The van der Waals surface area contributed by atoms with Gasteiger partial charge in [-0.25, -0.2) is 0 Å². The Balaban J connectivity index is 1.70. The lowest BCUT2D eigenvalue weighted by atomic mass is 9.99. The van der Waals surface area contributed by atoms with Crippen LogP contribution in [0.5, 0.6) is 23.0 Å². The van der Waals surface area contributed by atoms with E-state index < -0.39 is 66.3 Å². The second kappa shape index (κ2) is 15.0. The summed E-state index contributed by atoms with van der Waals surface area (Å²) in [6.45, 7) is -0.633. The van der Waals surface area contributed by atoms with Gasteiger partial charge in [-0.15, -0.1) is 5.73 Å². The Bertz CT molecular complexity index is 1280. The number of phenols is 3. The quantitative estimate of drug-likeness (QED) is 0.0632. The number of aromatic hydroxyl groups is 3. The minimum absolute atomic E-state index is 0.0344. The third-order valence-electron chi connectivity index (χ3n) is 6.01. The van der Waals surface area contributed by atoms with E-state index in [9.17, 15) is 40.2 Å². The van der Waals surface area contributed by atoms with E-state index in [1.165, 1.54) is 24.3 Å². The zero-order valence-electron chi connectivity index (χ0n) is 21.9. The fourth-order valence-electron chi connectivity index (χ4n) is 3.86. The fraction of sp³-hybridized carbons (Fsp3) is 0.345. The van der Waals surface area contributed by atoms with Gasteiger partial charge < -0.3 is 50.0 Å². The number of hydrogen-bond donors (Lipinski definition) is 7. The number of benzene rings is 2. The van der Waals surface area contributed by atoms with Crippen molar-refractivity contribution in [2.45, 2.75) is 50.0 Å². The average Bonchev–Trinajstić information content (AvgIpc) is 2.93. The van der Waals surface area contributed by atoms with Gasteiger partial charge in [0.15, 0.2) is 5.78 Å². The zero-order chi connectivity index (χ0) is 29.9. The molecule has 0 amide bonds. The molecule has 41 heavy (non-hydrogen) atoms. The SMILES string of the molecule is O=C(CCCC=C=CCO)OC[C@H]1O[C@@H](Oc2cc(O)cc(O)c2C(=O)C=Cc2ccc(O)cc2)[C@H](O)[C@@H](O)[C@@H]1O. The van der Waals surface area contributed by atoms with Crippen LogP contribution < -0.4 is 4.74 Å². The molecule has 0 unspecified atom stereocenters. The summed E-state index contributed by atoms with van der Waals surface area (Å²) in [5.74, 6) is -2.83. The highest BCUT2D eigenvalue weighted by Gasteiger charge is 2.46. The lowest BCUT2D eigenvalue weighted by Gasteiger charge is -2.40. The molecule has 5 atom stereocenters. The molecule has 1 aliphatic heterocycles. The number of hydrogen-bond acceptors (Lipinski definition) is 12. The summed E-state index contributed by atoms with van der Waals surface area (Å²) >= 11 is 0. The van der Waals surface area contributed by atoms with Crippen molar-refractivity contribution >= 4 is 17.8 Å². The molecule has 7 N–H and O–H groups in total. The number of carbonyl (C=O) groups excluding carboxylic acids is 2. The molecule has 1 aliphatic rings. The van der Waals surface area contributed by atoms with Crippen LogP contribution in [0, 0.1) is 0 Å². The standard InChI is InChI=1S/C29H32O12/c30-13-5-3-1-2-4-6-24(35)39-16-23-26(36)27(37)28(38)29(41-23)40-22-15-19(32)14-21(34)25(22)20(33)12-9-17-7-10-18(31)11-8-17/h1,5,7-12,14-15,23,26-32,34,36-38H,2,4,6,13,16H2/t3?,23-,26-,27+,28-,29-/m1/s1. The maximum absolute atomic E-state index is 13.0. The van der Waals surface area contributed by atoms with Crippen LogP contribution in [0.15, 0.2) is 60.4 Å². The molecule has 12 nitrogen and oxygen atoms in total. The van der Waals surface area contributed by atoms with Gasteiger partial charge in [0.25, 0.3) is 0 Å². The van der Waals surface area contributed by atoms with Gasteiger partial charge in [-0.2, -0.15) is 0 Å². The van der Waals surface area contributed by atoms with E-state index in [2.05, 4.69) is 5.73 Å². The van der Waals surface area contributed by atoms with Gasteiger partial charge in [0.1, 0.15) is 59.6 Å². The Kier molecular flexibility index (Phi) is 11.5. The molecule has 0 spiro atoms. The molecule has 0 aromatic heterocycles. The van der Waals surface area contributed by atoms with E-state index in [0.717, 1.165) is 18.2 Å². The van der Waals surface area contributed by atoms with Gasteiger partial charge in [0.2, 0.25) is 6.29 Å². The summed E-state index contributed by atoms with van der Waals surface area (Å²) in [6.07, 6.45) is -1.71. The van der Waals surface area contributed by atoms with Gasteiger partial charge in [-0.05, 0) is 48.8 Å². The molecule has 0 aliphatic carbocycles. The predicted octanol–water partition coefficient (Wildman–Crippen LogP) is 1.30. The molecule has 12 heteroatoms. The van der Waals surface area contributed by atoms with E-state index in [1.54, 1.807) is 18.2 Å². The topological polar surface area (TPSA) is 203 Å². The maximum Gasteiger partial charge on any atom is 0.305 e. The van der Waals surface area contributed by atoms with Crippen molar-refractivity contribution in [1.82, 2.24) is 0 Å². The Morgan fingerprint density at radius 2 is 1.68 bits per heavy atom. The predicted molar refractivity (Wildman–Crippen MR) is 143 cm³/mol. The highest BCUT2D eigenvalue weighted by Crippen LogP contribution is 2.36. The summed E-state index contributed by atoms with van der Waals surface area (Å²) in [5.41, 5.74) is 2.90. The molecule has 1 saturated heterocycles. The molecule has 2 aromatic rings. The Hall–Kier alpha value is -4.16. The number of allylic oxidation sites excluding steroid dienone is 1. The van der Waals surface area contributed by atoms with Gasteiger partial charge in [0.05, 0.1) is 6.61 Å². The highest BCUT2D eigenvalue weighted by molar-refractivity contribution is 6.10. The second-order valence-electron chi connectivity index (χ2n) is 9.09. The first kappa shape index (κ1) is 31.4. The number of rotatable bonds is 12. The third-order valence-corrected chi connectivity index (χ3v) is 6.01. The van der Waals surface area contributed by atoms with Crippen LogP contribution in [0.3, 0.4) is 0 Å². The van der Waals surface area contributed by atoms with Crippen LogP contribution in [0.4, 0.5) is 0 Å². The van der Waals surface area contributed by atoms with Crippen molar-refractivity contribution in [2.24, 2.45) is 0 Å². The molecule has 0 radical (unpaired) electrons.